The van der Waals surface area contributed by atoms with Crippen molar-refractivity contribution in [3.05, 3.63) is 44.7 Å². The number of aromatic nitrogens is 2. The molecule has 1 heterocycles. The Labute approximate surface area is 83.9 Å². The molecule has 6 heteroatoms. The van der Waals surface area contributed by atoms with Crippen LogP contribution in [-0.4, -0.2) is 14.7 Å². The fourth-order valence-corrected chi connectivity index (χ4v) is 1.39. The molecule has 0 aliphatic heterocycles. The molecule has 1 aromatic carbocycles. The Balaban J connectivity index is 2.87. The van der Waals surface area contributed by atoms with E-state index in [2.05, 4.69) is 5.10 Å². The van der Waals surface area contributed by atoms with E-state index in [0.29, 0.717) is 10.9 Å². The van der Waals surface area contributed by atoms with Gasteiger partial charge >= 0.3 is 0 Å². The van der Waals surface area contributed by atoms with Gasteiger partial charge in [0, 0.05) is 19.2 Å². The molecule has 0 fully saturated rings. The monoisotopic (exact) mass is 205 g/mol. The summed E-state index contributed by atoms with van der Waals surface area (Å²) in [7, 11) is 1.67. The lowest BCUT2D eigenvalue weighted by atomic mass is 10.2. The van der Waals surface area contributed by atoms with Gasteiger partial charge in [-0.05, 0) is 6.07 Å². The molecule has 0 spiro atoms. The highest BCUT2D eigenvalue weighted by Gasteiger charge is 2.09. The van der Waals surface area contributed by atoms with E-state index in [1.54, 1.807) is 7.05 Å². The van der Waals surface area contributed by atoms with Crippen LogP contribution in [0.15, 0.2) is 29.2 Å². The van der Waals surface area contributed by atoms with Crippen molar-refractivity contribution in [2.75, 3.05) is 0 Å². The number of rotatable bonds is 1. The smallest absolute Gasteiger partial charge is 0.270 e. The SMILES string of the molecule is Cn1ncc(=O)c2cc([N+](=O)[O-])ccc21. The van der Waals surface area contributed by atoms with E-state index in [1.807, 2.05) is 0 Å². The summed E-state index contributed by atoms with van der Waals surface area (Å²) in [5, 5.41) is 14.6. The van der Waals surface area contributed by atoms with E-state index in [1.165, 1.54) is 22.9 Å². The Morgan fingerprint density at radius 2 is 2.20 bits per heavy atom. The molecule has 0 radical (unpaired) electrons. The summed E-state index contributed by atoms with van der Waals surface area (Å²) in [5.74, 6) is 0. The van der Waals surface area contributed by atoms with Crippen molar-refractivity contribution >= 4 is 16.6 Å². The number of nitro groups is 1. The van der Waals surface area contributed by atoms with Gasteiger partial charge in [-0.1, -0.05) is 0 Å². The van der Waals surface area contributed by atoms with Gasteiger partial charge in [0.05, 0.1) is 22.0 Å². The third kappa shape index (κ3) is 1.45. The number of non-ortho nitro benzene ring substituents is 1. The molecule has 2 rings (SSSR count). The molecule has 1 aromatic heterocycles. The maximum absolute atomic E-state index is 11.4. The second-order valence-corrected chi connectivity index (χ2v) is 3.09. The van der Waals surface area contributed by atoms with Crippen LogP contribution < -0.4 is 5.43 Å². The normalized spacial score (nSPS) is 10.5. The molecule has 0 unspecified atom stereocenters. The van der Waals surface area contributed by atoms with E-state index >= 15 is 0 Å². The lowest BCUT2D eigenvalue weighted by Crippen LogP contribution is -2.09. The molecular formula is C9H7N3O3. The van der Waals surface area contributed by atoms with Gasteiger partial charge in [0.1, 0.15) is 0 Å². The van der Waals surface area contributed by atoms with Crippen LogP contribution in [0.2, 0.25) is 0 Å². The molecule has 0 amide bonds. The molecule has 2 aromatic rings. The molecule has 0 aliphatic rings. The number of hydrogen-bond donors (Lipinski definition) is 0. The Kier molecular flexibility index (Phi) is 1.96. The molecule has 0 saturated carbocycles. The Bertz CT molecular complexity index is 603. The third-order valence-electron chi connectivity index (χ3n) is 2.15. The van der Waals surface area contributed by atoms with Gasteiger partial charge in [0.15, 0.2) is 0 Å². The van der Waals surface area contributed by atoms with Gasteiger partial charge in [0.25, 0.3) is 5.69 Å². The fraction of sp³-hybridized carbons (Fsp3) is 0.111. The standard InChI is InChI=1S/C9H7N3O3/c1-11-8-3-2-6(12(14)15)4-7(8)9(13)5-10-11/h2-5H,1H3. The number of aryl methyl sites for hydroxylation is 1. The Hall–Kier alpha value is -2.24. The van der Waals surface area contributed by atoms with Crippen molar-refractivity contribution in [1.82, 2.24) is 9.78 Å². The molecule has 0 saturated heterocycles. The van der Waals surface area contributed by atoms with Crippen molar-refractivity contribution in [3.63, 3.8) is 0 Å². The van der Waals surface area contributed by atoms with Crippen LogP contribution in [-0.2, 0) is 7.05 Å². The minimum Gasteiger partial charge on any atom is -0.287 e. The molecule has 0 N–H and O–H groups in total. The van der Waals surface area contributed by atoms with Crippen molar-refractivity contribution in [3.8, 4) is 0 Å². The van der Waals surface area contributed by atoms with Gasteiger partial charge in [0.2, 0.25) is 5.43 Å². The first-order valence-electron chi connectivity index (χ1n) is 4.20. The van der Waals surface area contributed by atoms with E-state index in [9.17, 15) is 14.9 Å². The highest BCUT2D eigenvalue weighted by atomic mass is 16.6. The van der Waals surface area contributed by atoms with Crippen molar-refractivity contribution in [2.45, 2.75) is 0 Å². The van der Waals surface area contributed by atoms with Crippen LogP contribution in [0.25, 0.3) is 10.9 Å². The van der Waals surface area contributed by atoms with Gasteiger partial charge in [-0.15, -0.1) is 0 Å². The number of nitro benzene ring substituents is 1. The molecule has 6 nitrogen and oxygen atoms in total. The van der Waals surface area contributed by atoms with Crippen LogP contribution in [0.1, 0.15) is 0 Å². The largest absolute Gasteiger partial charge is 0.287 e. The highest BCUT2D eigenvalue weighted by Crippen LogP contribution is 2.16. The zero-order valence-electron chi connectivity index (χ0n) is 7.88. The average molecular weight is 205 g/mol. The zero-order valence-corrected chi connectivity index (χ0v) is 7.88. The minimum atomic E-state index is -0.528. The molecule has 0 bridgehead atoms. The van der Waals surface area contributed by atoms with Crippen molar-refractivity contribution < 1.29 is 4.92 Å². The number of nitrogens with zero attached hydrogens (tertiary/aromatic N) is 3. The van der Waals surface area contributed by atoms with Gasteiger partial charge in [-0.3, -0.25) is 19.6 Å². The third-order valence-corrected chi connectivity index (χ3v) is 2.15. The first-order valence-corrected chi connectivity index (χ1v) is 4.20. The summed E-state index contributed by atoms with van der Waals surface area (Å²) in [6.45, 7) is 0. The molecule has 0 atom stereocenters. The number of benzene rings is 1. The van der Waals surface area contributed by atoms with E-state index < -0.39 is 4.92 Å². The summed E-state index contributed by atoms with van der Waals surface area (Å²) < 4.78 is 1.50. The fourth-order valence-electron chi connectivity index (χ4n) is 1.39. The van der Waals surface area contributed by atoms with E-state index in [4.69, 9.17) is 0 Å². The molecule has 15 heavy (non-hydrogen) atoms. The van der Waals surface area contributed by atoms with E-state index in [0.717, 1.165) is 6.20 Å². The summed E-state index contributed by atoms with van der Waals surface area (Å²) in [5.41, 5.74) is 0.172. The second-order valence-electron chi connectivity index (χ2n) is 3.09. The quantitative estimate of drug-likeness (QED) is 0.510. The first kappa shape index (κ1) is 9.32. The van der Waals surface area contributed by atoms with Gasteiger partial charge in [-0.25, -0.2) is 0 Å². The first-order chi connectivity index (χ1) is 7.09. The predicted octanol–water partition coefficient (Wildman–Crippen LogP) is 0.842. The minimum absolute atomic E-state index is 0.0919. The Morgan fingerprint density at radius 3 is 2.87 bits per heavy atom. The summed E-state index contributed by atoms with van der Waals surface area (Å²) >= 11 is 0. The van der Waals surface area contributed by atoms with Gasteiger partial charge < -0.3 is 0 Å². The summed E-state index contributed by atoms with van der Waals surface area (Å²) in [6.07, 6.45) is 1.14. The average Bonchev–Trinajstić information content (AvgIpc) is 2.23. The van der Waals surface area contributed by atoms with Crippen LogP contribution in [0.3, 0.4) is 0 Å². The number of hydrogen-bond acceptors (Lipinski definition) is 4. The van der Waals surface area contributed by atoms with Crippen LogP contribution >= 0.6 is 0 Å². The highest BCUT2D eigenvalue weighted by molar-refractivity contribution is 5.80. The van der Waals surface area contributed by atoms with Gasteiger partial charge in [-0.2, -0.15) is 5.10 Å². The van der Waals surface area contributed by atoms with Crippen LogP contribution in [0.4, 0.5) is 5.69 Å². The molecule has 0 aliphatic carbocycles. The van der Waals surface area contributed by atoms with Crippen LogP contribution in [0, 0.1) is 10.1 Å². The van der Waals surface area contributed by atoms with Crippen molar-refractivity contribution in [2.24, 2.45) is 7.05 Å². The zero-order chi connectivity index (χ0) is 11.0. The predicted molar refractivity (Wildman–Crippen MR) is 53.6 cm³/mol. The summed E-state index contributed by atoms with van der Waals surface area (Å²) in [6, 6.07) is 4.13. The lowest BCUT2D eigenvalue weighted by molar-refractivity contribution is -0.384. The van der Waals surface area contributed by atoms with E-state index in [-0.39, 0.29) is 11.1 Å². The maximum atomic E-state index is 11.4. The lowest BCUT2D eigenvalue weighted by Gasteiger charge is -2.01. The Morgan fingerprint density at radius 1 is 1.47 bits per heavy atom. The van der Waals surface area contributed by atoms with Crippen molar-refractivity contribution in [1.29, 1.82) is 0 Å². The maximum Gasteiger partial charge on any atom is 0.270 e. The molecule has 76 valence electrons. The second kappa shape index (κ2) is 3.16. The van der Waals surface area contributed by atoms with Crippen LogP contribution in [0.5, 0.6) is 0 Å². The number of fused-ring (bicyclic) bond motifs is 1. The summed E-state index contributed by atoms with van der Waals surface area (Å²) in [4.78, 5) is 21.4. The topological polar surface area (TPSA) is 78.0 Å². The molecular weight excluding hydrogens is 198 g/mol.